The second-order valence-corrected chi connectivity index (χ2v) is 3.81. The molecule has 0 aromatic rings. The van der Waals surface area contributed by atoms with Crippen LogP contribution in [-0.2, 0) is 14.2 Å². The lowest BCUT2D eigenvalue weighted by Gasteiger charge is -2.07. The van der Waals surface area contributed by atoms with Gasteiger partial charge in [0.2, 0.25) is 0 Å². The van der Waals surface area contributed by atoms with Crippen molar-refractivity contribution in [1.82, 2.24) is 0 Å². The quantitative estimate of drug-likeness (QED) is 0.570. The normalized spacial score (nSPS) is 10.2. The summed E-state index contributed by atoms with van der Waals surface area (Å²) in [6, 6.07) is 0. The summed E-state index contributed by atoms with van der Waals surface area (Å²) in [5.41, 5.74) is 5.26. The monoisotopic (exact) mass is 249 g/mol. The van der Waals surface area contributed by atoms with Crippen molar-refractivity contribution in [2.75, 3.05) is 46.2 Å². The zero-order valence-electron chi connectivity index (χ0n) is 12.0. The number of hydrogen-bond donors (Lipinski definition) is 1. The van der Waals surface area contributed by atoms with Gasteiger partial charge < -0.3 is 19.9 Å². The summed E-state index contributed by atoms with van der Waals surface area (Å²) >= 11 is 0. The predicted octanol–water partition coefficient (Wildman–Crippen LogP) is 2.07. The van der Waals surface area contributed by atoms with E-state index in [-0.39, 0.29) is 0 Å². The van der Waals surface area contributed by atoms with Crippen LogP contribution in [0.3, 0.4) is 0 Å². The molecular formula is C13H31NO3. The smallest absolute Gasteiger partial charge is 0.0701 e. The zero-order valence-corrected chi connectivity index (χ0v) is 12.0. The second kappa shape index (κ2) is 18.2. The van der Waals surface area contributed by atoms with Crippen LogP contribution < -0.4 is 5.73 Å². The number of ether oxygens (including phenoxy) is 3. The first-order valence-corrected chi connectivity index (χ1v) is 6.70. The fourth-order valence-corrected chi connectivity index (χ4v) is 0.944. The Morgan fingerprint density at radius 2 is 1.18 bits per heavy atom. The predicted molar refractivity (Wildman–Crippen MR) is 72.3 cm³/mol. The topological polar surface area (TPSA) is 53.7 Å². The molecule has 17 heavy (non-hydrogen) atoms. The summed E-state index contributed by atoms with van der Waals surface area (Å²) in [6.45, 7) is 12.9. The van der Waals surface area contributed by atoms with E-state index < -0.39 is 0 Å². The number of hydrogen-bond acceptors (Lipinski definition) is 4. The van der Waals surface area contributed by atoms with Gasteiger partial charge in [0, 0.05) is 13.2 Å². The second-order valence-electron chi connectivity index (χ2n) is 3.81. The summed E-state index contributed by atoms with van der Waals surface area (Å²) < 4.78 is 15.8. The molecule has 0 amide bonds. The Morgan fingerprint density at radius 1 is 0.765 bits per heavy atom. The van der Waals surface area contributed by atoms with Crippen LogP contribution in [0.25, 0.3) is 0 Å². The van der Waals surface area contributed by atoms with Crippen molar-refractivity contribution in [1.29, 1.82) is 0 Å². The summed E-state index contributed by atoms with van der Waals surface area (Å²) in [5.74, 6) is 0.704. The van der Waals surface area contributed by atoms with Crippen LogP contribution in [0.2, 0.25) is 0 Å². The molecule has 0 aliphatic heterocycles. The highest BCUT2D eigenvalue weighted by molar-refractivity contribution is 4.42. The minimum Gasteiger partial charge on any atom is -0.379 e. The maximum absolute atomic E-state index is 5.39. The van der Waals surface area contributed by atoms with Crippen molar-refractivity contribution in [2.24, 2.45) is 11.7 Å². The van der Waals surface area contributed by atoms with E-state index in [4.69, 9.17) is 19.9 Å². The SMILES string of the molecule is CC.CC(C)CCOCCOCCOCCN. The van der Waals surface area contributed by atoms with Crippen molar-refractivity contribution >= 4 is 0 Å². The minimum atomic E-state index is 0.568. The van der Waals surface area contributed by atoms with Gasteiger partial charge in [-0.3, -0.25) is 0 Å². The summed E-state index contributed by atoms with van der Waals surface area (Å²) in [6.07, 6.45) is 1.11. The van der Waals surface area contributed by atoms with Crippen LogP contribution in [-0.4, -0.2) is 46.2 Å². The van der Waals surface area contributed by atoms with E-state index in [0.29, 0.717) is 45.5 Å². The first kappa shape index (κ1) is 19.2. The lowest BCUT2D eigenvalue weighted by atomic mass is 10.1. The average molecular weight is 249 g/mol. The molecule has 0 saturated heterocycles. The van der Waals surface area contributed by atoms with E-state index in [0.717, 1.165) is 13.0 Å². The van der Waals surface area contributed by atoms with Crippen LogP contribution in [0.5, 0.6) is 0 Å². The molecule has 0 aromatic carbocycles. The lowest BCUT2D eigenvalue weighted by molar-refractivity contribution is 0.0142. The van der Waals surface area contributed by atoms with Crippen molar-refractivity contribution < 1.29 is 14.2 Å². The van der Waals surface area contributed by atoms with Crippen molar-refractivity contribution in [3.8, 4) is 0 Å². The standard InChI is InChI=1S/C11H25NO3.C2H6/c1-11(2)3-5-13-7-9-15-10-8-14-6-4-12;1-2/h11H,3-10,12H2,1-2H3;1-2H3. The molecule has 0 fully saturated rings. The van der Waals surface area contributed by atoms with Gasteiger partial charge in [0.15, 0.2) is 0 Å². The Labute approximate surface area is 107 Å². The lowest BCUT2D eigenvalue weighted by Crippen LogP contribution is -2.13. The molecule has 0 radical (unpaired) electrons. The first-order valence-electron chi connectivity index (χ1n) is 6.70. The highest BCUT2D eigenvalue weighted by Crippen LogP contribution is 1.98. The Bertz CT molecular complexity index is 121. The van der Waals surface area contributed by atoms with Gasteiger partial charge in [0.1, 0.15) is 0 Å². The van der Waals surface area contributed by atoms with Gasteiger partial charge in [-0.25, -0.2) is 0 Å². The van der Waals surface area contributed by atoms with Crippen LogP contribution in [0, 0.1) is 5.92 Å². The summed E-state index contributed by atoms with van der Waals surface area (Å²) in [7, 11) is 0. The minimum absolute atomic E-state index is 0.568. The molecule has 0 saturated carbocycles. The molecule has 0 spiro atoms. The van der Waals surface area contributed by atoms with Gasteiger partial charge >= 0.3 is 0 Å². The maximum Gasteiger partial charge on any atom is 0.0701 e. The van der Waals surface area contributed by atoms with Gasteiger partial charge in [-0.1, -0.05) is 27.7 Å². The largest absolute Gasteiger partial charge is 0.379 e. The Morgan fingerprint density at radius 3 is 1.59 bits per heavy atom. The van der Waals surface area contributed by atoms with Crippen molar-refractivity contribution in [3.63, 3.8) is 0 Å². The average Bonchev–Trinajstić information content (AvgIpc) is 2.34. The van der Waals surface area contributed by atoms with Crippen LogP contribution >= 0.6 is 0 Å². The molecule has 0 aliphatic carbocycles. The van der Waals surface area contributed by atoms with E-state index in [1.54, 1.807) is 0 Å². The van der Waals surface area contributed by atoms with E-state index in [1.165, 1.54) is 0 Å². The molecule has 2 N–H and O–H groups in total. The number of nitrogens with two attached hydrogens (primary N) is 1. The molecule has 0 rings (SSSR count). The third-order valence-corrected chi connectivity index (χ3v) is 1.85. The third kappa shape index (κ3) is 21.6. The van der Waals surface area contributed by atoms with Gasteiger partial charge in [0.05, 0.1) is 33.0 Å². The van der Waals surface area contributed by atoms with Crippen LogP contribution in [0.1, 0.15) is 34.1 Å². The Balaban J connectivity index is 0. The van der Waals surface area contributed by atoms with Gasteiger partial charge in [0.25, 0.3) is 0 Å². The van der Waals surface area contributed by atoms with E-state index >= 15 is 0 Å². The zero-order chi connectivity index (χ0) is 13.4. The Kier molecular flexibility index (Phi) is 20.6. The summed E-state index contributed by atoms with van der Waals surface area (Å²) in [4.78, 5) is 0. The molecular weight excluding hydrogens is 218 g/mol. The fourth-order valence-electron chi connectivity index (χ4n) is 0.944. The molecule has 0 aliphatic rings. The highest BCUT2D eigenvalue weighted by Gasteiger charge is 1.94. The number of rotatable bonds is 11. The first-order chi connectivity index (χ1) is 8.27. The molecule has 4 heteroatoms. The Hall–Kier alpha value is -0.160. The molecule has 0 aromatic heterocycles. The van der Waals surface area contributed by atoms with E-state index in [9.17, 15) is 0 Å². The van der Waals surface area contributed by atoms with Crippen molar-refractivity contribution in [3.05, 3.63) is 0 Å². The third-order valence-electron chi connectivity index (χ3n) is 1.85. The molecule has 4 nitrogen and oxygen atoms in total. The van der Waals surface area contributed by atoms with E-state index in [1.807, 2.05) is 13.8 Å². The molecule has 0 heterocycles. The maximum atomic E-state index is 5.39. The van der Waals surface area contributed by atoms with Crippen LogP contribution in [0.15, 0.2) is 0 Å². The van der Waals surface area contributed by atoms with Crippen LogP contribution in [0.4, 0.5) is 0 Å². The van der Waals surface area contributed by atoms with Gasteiger partial charge in [-0.2, -0.15) is 0 Å². The highest BCUT2D eigenvalue weighted by atomic mass is 16.5. The molecule has 0 unspecified atom stereocenters. The van der Waals surface area contributed by atoms with Gasteiger partial charge in [-0.15, -0.1) is 0 Å². The van der Waals surface area contributed by atoms with Gasteiger partial charge in [-0.05, 0) is 12.3 Å². The molecule has 0 atom stereocenters. The summed E-state index contributed by atoms with van der Waals surface area (Å²) in [5, 5.41) is 0. The molecule has 0 bridgehead atoms. The van der Waals surface area contributed by atoms with Crippen molar-refractivity contribution in [2.45, 2.75) is 34.1 Å². The van der Waals surface area contributed by atoms with E-state index in [2.05, 4.69) is 13.8 Å². The fraction of sp³-hybridized carbons (Fsp3) is 1.00. The molecule has 106 valence electrons.